The van der Waals surface area contributed by atoms with E-state index in [0.717, 1.165) is 28.5 Å². The molecule has 0 unspecified atom stereocenters. The zero-order chi connectivity index (χ0) is 14.1. The first-order valence-corrected chi connectivity index (χ1v) is 7.10. The summed E-state index contributed by atoms with van der Waals surface area (Å²) in [4.78, 5) is 14.4. The van der Waals surface area contributed by atoms with E-state index in [2.05, 4.69) is 6.92 Å². The summed E-state index contributed by atoms with van der Waals surface area (Å²) in [5.74, 6) is 0.451. The highest BCUT2D eigenvalue weighted by Gasteiger charge is 2.25. The van der Waals surface area contributed by atoms with Gasteiger partial charge in [-0.05, 0) is 18.9 Å². The third kappa shape index (κ3) is 2.10. The molecule has 0 saturated carbocycles. The molecule has 1 saturated heterocycles. The predicted octanol–water partition coefficient (Wildman–Crippen LogP) is 2.78. The van der Waals surface area contributed by atoms with Crippen molar-refractivity contribution in [3.05, 3.63) is 35.1 Å². The Morgan fingerprint density at radius 1 is 1.30 bits per heavy atom. The van der Waals surface area contributed by atoms with Gasteiger partial charge in [-0.3, -0.25) is 4.79 Å². The van der Waals surface area contributed by atoms with Crippen LogP contribution in [0.15, 0.2) is 22.6 Å². The first kappa shape index (κ1) is 13.2. The van der Waals surface area contributed by atoms with Crippen molar-refractivity contribution in [1.82, 2.24) is 4.90 Å². The molecule has 0 bridgehead atoms. The number of carbonyl (C=O) groups excluding carboxylic acids is 1. The number of para-hydroxylation sites is 1. The molecule has 1 fully saturated rings. The molecule has 1 aromatic carbocycles. The molecule has 0 atom stereocenters. The lowest BCUT2D eigenvalue weighted by molar-refractivity contribution is 0.0283. The molecule has 1 aromatic heterocycles. The number of morpholine rings is 1. The Labute approximate surface area is 118 Å². The van der Waals surface area contributed by atoms with Gasteiger partial charge < -0.3 is 14.1 Å². The van der Waals surface area contributed by atoms with Gasteiger partial charge in [-0.1, -0.05) is 25.1 Å². The smallest absolute Gasteiger partial charge is 0.290 e. The van der Waals surface area contributed by atoms with E-state index in [1.165, 1.54) is 0 Å². The zero-order valence-corrected chi connectivity index (χ0v) is 11.9. The van der Waals surface area contributed by atoms with Gasteiger partial charge in [0.05, 0.1) is 13.2 Å². The van der Waals surface area contributed by atoms with Crippen molar-refractivity contribution in [1.29, 1.82) is 0 Å². The van der Waals surface area contributed by atoms with Crippen LogP contribution in [0.25, 0.3) is 11.0 Å². The fourth-order valence-corrected chi connectivity index (χ4v) is 2.69. The molecule has 0 spiro atoms. The van der Waals surface area contributed by atoms with Crippen LogP contribution in [0.2, 0.25) is 0 Å². The molecule has 1 aliphatic rings. The first-order valence-electron chi connectivity index (χ1n) is 7.10. The second kappa shape index (κ2) is 5.29. The summed E-state index contributed by atoms with van der Waals surface area (Å²) in [6.07, 6.45) is 0.898. The molecule has 0 N–H and O–H groups in total. The third-order valence-electron chi connectivity index (χ3n) is 3.92. The van der Waals surface area contributed by atoms with Crippen molar-refractivity contribution >= 4 is 16.9 Å². The molecular weight excluding hydrogens is 254 g/mol. The highest BCUT2D eigenvalue weighted by Crippen LogP contribution is 2.29. The second-order valence-electron chi connectivity index (χ2n) is 5.11. The number of furan rings is 1. The maximum absolute atomic E-state index is 12.6. The second-order valence-corrected chi connectivity index (χ2v) is 5.11. The summed E-state index contributed by atoms with van der Waals surface area (Å²) in [5.41, 5.74) is 2.93. The van der Waals surface area contributed by atoms with Crippen LogP contribution in [-0.2, 0) is 11.2 Å². The van der Waals surface area contributed by atoms with Gasteiger partial charge in [0.15, 0.2) is 5.76 Å². The fourth-order valence-electron chi connectivity index (χ4n) is 2.69. The third-order valence-corrected chi connectivity index (χ3v) is 3.92. The van der Waals surface area contributed by atoms with Crippen LogP contribution in [0.4, 0.5) is 0 Å². The minimum atomic E-state index is -0.0240. The highest BCUT2D eigenvalue weighted by molar-refractivity contribution is 5.99. The van der Waals surface area contributed by atoms with Crippen LogP contribution in [0, 0.1) is 6.92 Å². The molecule has 2 aromatic rings. The number of amides is 1. The maximum atomic E-state index is 12.6. The zero-order valence-electron chi connectivity index (χ0n) is 11.9. The predicted molar refractivity (Wildman–Crippen MR) is 77.1 cm³/mol. The number of carbonyl (C=O) groups is 1. The van der Waals surface area contributed by atoms with E-state index in [-0.39, 0.29) is 5.91 Å². The van der Waals surface area contributed by atoms with Crippen LogP contribution in [-0.4, -0.2) is 37.1 Å². The van der Waals surface area contributed by atoms with Gasteiger partial charge in [0, 0.05) is 24.0 Å². The molecule has 0 aliphatic carbocycles. The van der Waals surface area contributed by atoms with Gasteiger partial charge in [0.25, 0.3) is 5.91 Å². The van der Waals surface area contributed by atoms with Gasteiger partial charge in [0.2, 0.25) is 0 Å². The Hall–Kier alpha value is -1.81. The summed E-state index contributed by atoms with van der Waals surface area (Å²) < 4.78 is 11.2. The minimum Gasteiger partial charge on any atom is -0.450 e. The first-order chi connectivity index (χ1) is 9.72. The van der Waals surface area contributed by atoms with Gasteiger partial charge in [-0.2, -0.15) is 0 Å². The molecule has 4 heteroatoms. The Morgan fingerprint density at radius 3 is 2.75 bits per heavy atom. The van der Waals surface area contributed by atoms with E-state index in [4.69, 9.17) is 9.15 Å². The molecule has 2 heterocycles. The van der Waals surface area contributed by atoms with Crippen LogP contribution < -0.4 is 0 Å². The number of nitrogens with zero attached hydrogens (tertiary/aromatic N) is 1. The number of rotatable bonds is 2. The van der Waals surface area contributed by atoms with Crippen molar-refractivity contribution < 1.29 is 13.9 Å². The van der Waals surface area contributed by atoms with E-state index < -0.39 is 0 Å². The number of ether oxygens (including phenoxy) is 1. The minimum absolute atomic E-state index is 0.0240. The van der Waals surface area contributed by atoms with Crippen molar-refractivity contribution in [3.63, 3.8) is 0 Å². The van der Waals surface area contributed by atoms with Crippen LogP contribution in [0.1, 0.15) is 28.6 Å². The van der Waals surface area contributed by atoms with Gasteiger partial charge in [-0.15, -0.1) is 0 Å². The normalized spacial score (nSPS) is 15.8. The van der Waals surface area contributed by atoms with Gasteiger partial charge in [0.1, 0.15) is 5.58 Å². The summed E-state index contributed by atoms with van der Waals surface area (Å²) in [6, 6.07) is 6.09. The standard InChI is InChI=1S/C16H19NO3/c1-3-12-5-4-6-13-11(2)14(20-15(12)13)16(18)17-7-9-19-10-8-17/h4-6H,3,7-10H2,1-2H3. The van der Waals surface area contributed by atoms with Crippen molar-refractivity contribution in [3.8, 4) is 0 Å². The van der Waals surface area contributed by atoms with Crippen LogP contribution >= 0.6 is 0 Å². The van der Waals surface area contributed by atoms with E-state index in [1.54, 1.807) is 4.90 Å². The lowest BCUT2D eigenvalue weighted by Crippen LogP contribution is -2.40. The van der Waals surface area contributed by atoms with E-state index in [0.29, 0.717) is 32.1 Å². The Bertz CT molecular complexity index is 638. The van der Waals surface area contributed by atoms with Crippen LogP contribution in [0.5, 0.6) is 0 Å². The summed E-state index contributed by atoms with van der Waals surface area (Å²) >= 11 is 0. The molecule has 4 nitrogen and oxygen atoms in total. The number of fused-ring (bicyclic) bond motifs is 1. The Kier molecular flexibility index (Phi) is 3.49. The van der Waals surface area contributed by atoms with Crippen molar-refractivity contribution in [2.75, 3.05) is 26.3 Å². The van der Waals surface area contributed by atoms with E-state index >= 15 is 0 Å². The number of benzene rings is 1. The lowest BCUT2D eigenvalue weighted by atomic mass is 10.1. The average molecular weight is 273 g/mol. The summed E-state index contributed by atoms with van der Waals surface area (Å²) in [5, 5.41) is 1.04. The topological polar surface area (TPSA) is 42.7 Å². The quantitative estimate of drug-likeness (QED) is 0.845. The monoisotopic (exact) mass is 273 g/mol. The molecule has 1 aliphatic heterocycles. The Morgan fingerprint density at radius 2 is 2.05 bits per heavy atom. The lowest BCUT2D eigenvalue weighted by Gasteiger charge is -2.26. The number of hydrogen-bond acceptors (Lipinski definition) is 3. The van der Waals surface area contributed by atoms with Crippen molar-refractivity contribution in [2.45, 2.75) is 20.3 Å². The van der Waals surface area contributed by atoms with Gasteiger partial charge >= 0.3 is 0 Å². The average Bonchev–Trinajstić information content (AvgIpc) is 2.85. The maximum Gasteiger partial charge on any atom is 0.290 e. The highest BCUT2D eigenvalue weighted by atomic mass is 16.5. The van der Waals surface area contributed by atoms with Crippen LogP contribution in [0.3, 0.4) is 0 Å². The largest absolute Gasteiger partial charge is 0.450 e. The number of aryl methyl sites for hydroxylation is 2. The SMILES string of the molecule is CCc1cccc2c(C)c(C(=O)N3CCOCC3)oc12. The summed E-state index contributed by atoms with van der Waals surface area (Å²) in [7, 11) is 0. The molecule has 0 radical (unpaired) electrons. The van der Waals surface area contributed by atoms with E-state index in [1.807, 2.05) is 25.1 Å². The molecular formula is C16H19NO3. The van der Waals surface area contributed by atoms with Crippen molar-refractivity contribution in [2.24, 2.45) is 0 Å². The van der Waals surface area contributed by atoms with E-state index in [9.17, 15) is 4.79 Å². The van der Waals surface area contributed by atoms with Gasteiger partial charge in [-0.25, -0.2) is 0 Å². The number of hydrogen-bond donors (Lipinski definition) is 0. The fraction of sp³-hybridized carbons (Fsp3) is 0.438. The molecule has 1 amide bonds. The molecule has 106 valence electrons. The molecule has 3 rings (SSSR count). The molecule has 20 heavy (non-hydrogen) atoms. The Balaban J connectivity index is 2.03. The summed E-state index contributed by atoms with van der Waals surface area (Å²) in [6.45, 7) is 6.53.